The number of piperidine rings is 1. The van der Waals surface area contributed by atoms with Crippen LogP contribution in [-0.4, -0.2) is 52.3 Å². The van der Waals surface area contributed by atoms with E-state index in [1.54, 1.807) is 29.8 Å². The molecule has 5 rings (SSSR count). The van der Waals surface area contributed by atoms with Crippen LogP contribution in [0.25, 0.3) is 0 Å². The van der Waals surface area contributed by atoms with Crippen molar-refractivity contribution in [2.75, 3.05) is 19.6 Å². The summed E-state index contributed by atoms with van der Waals surface area (Å²) in [5.74, 6) is -0.367. The number of aryl methyl sites for hydroxylation is 1. The van der Waals surface area contributed by atoms with Crippen LogP contribution in [-0.2, 0) is 16.8 Å². The lowest BCUT2D eigenvalue weighted by molar-refractivity contribution is -0.134. The van der Waals surface area contributed by atoms with Crippen LogP contribution < -0.4 is 5.32 Å². The van der Waals surface area contributed by atoms with E-state index in [0.29, 0.717) is 50.0 Å². The van der Waals surface area contributed by atoms with Crippen molar-refractivity contribution in [3.8, 4) is 0 Å². The van der Waals surface area contributed by atoms with Crippen molar-refractivity contribution in [2.45, 2.75) is 31.7 Å². The van der Waals surface area contributed by atoms with Crippen molar-refractivity contribution >= 4 is 29.2 Å². The van der Waals surface area contributed by atoms with Crippen LogP contribution in [0.15, 0.2) is 66.3 Å². The van der Waals surface area contributed by atoms with E-state index >= 15 is 0 Å². The number of imide groups is 1. The molecule has 0 saturated carbocycles. The molecule has 0 spiro atoms. The molecule has 7 nitrogen and oxygen atoms in total. The second-order valence-corrected chi connectivity index (χ2v) is 10.2. The highest BCUT2D eigenvalue weighted by atomic mass is 32.1. The number of rotatable bonds is 6. The predicted molar refractivity (Wildman–Crippen MR) is 134 cm³/mol. The topological polar surface area (TPSA) is 82.6 Å². The number of hydrogen-bond donors (Lipinski definition) is 1. The fourth-order valence-corrected chi connectivity index (χ4v) is 5.95. The number of hydrogen-bond acceptors (Lipinski definition) is 5. The molecule has 0 bridgehead atoms. The third-order valence-corrected chi connectivity index (χ3v) is 8.01. The van der Waals surface area contributed by atoms with Crippen LogP contribution in [0.2, 0.25) is 0 Å². The van der Waals surface area contributed by atoms with Gasteiger partial charge in [0, 0.05) is 48.0 Å². The Morgan fingerprint density at radius 2 is 1.97 bits per heavy atom. The maximum atomic E-state index is 13.9. The van der Waals surface area contributed by atoms with E-state index in [9.17, 15) is 14.4 Å². The number of urea groups is 1. The number of nitrogens with one attached hydrogen (secondary N) is 1. The molecule has 35 heavy (non-hydrogen) atoms. The van der Waals surface area contributed by atoms with Gasteiger partial charge in [0.2, 0.25) is 0 Å². The van der Waals surface area contributed by atoms with E-state index in [-0.39, 0.29) is 23.8 Å². The summed E-state index contributed by atoms with van der Waals surface area (Å²) in [5.41, 5.74) is 1.25. The molecule has 2 aliphatic heterocycles. The van der Waals surface area contributed by atoms with Crippen molar-refractivity contribution in [2.24, 2.45) is 5.92 Å². The van der Waals surface area contributed by atoms with Crippen molar-refractivity contribution in [1.29, 1.82) is 0 Å². The molecule has 0 aliphatic carbocycles. The van der Waals surface area contributed by atoms with Gasteiger partial charge in [0.25, 0.3) is 11.8 Å². The molecule has 3 aromatic rings. The molecule has 1 atom stereocenters. The molecule has 2 fully saturated rings. The lowest BCUT2D eigenvalue weighted by Gasteiger charge is -2.41. The van der Waals surface area contributed by atoms with E-state index < -0.39 is 5.54 Å². The Hall–Kier alpha value is -3.52. The zero-order valence-corrected chi connectivity index (χ0v) is 20.5. The molecule has 4 amide bonds. The van der Waals surface area contributed by atoms with Crippen LogP contribution in [0.3, 0.4) is 0 Å². The number of carbonyl (C=O) groups is 3. The van der Waals surface area contributed by atoms with E-state index in [0.717, 1.165) is 10.4 Å². The Morgan fingerprint density at radius 1 is 1.14 bits per heavy atom. The van der Waals surface area contributed by atoms with Crippen LogP contribution >= 0.6 is 11.3 Å². The minimum absolute atomic E-state index is 0.00179. The lowest BCUT2D eigenvalue weighted by Crippen LogP contribution is -2.54. The molecule has 0 radical (unpaired) electrons. The fourth-order valence-electron chi connectivity index (χ4n) is 5.25. The molecule has 1 aromatic carbocycles. The number of likely N-dealkylation sites (tertiary alicyclic amines) is 1. The number of carbonyl (C=O) groups excluding carboxylic acids is 3. The van der Waals surface area contributed by atoms with Gasteiger partial charge in [-0.1, -0.05) is 29.8 Å². The third kappa shape index (κ3) is 4.34. The monoisotopic (exact) mass is 488 g/mol. The number of amides is 4. The second-order valence-electron chi connectivity index (χ2n) is 9.20. The molecule has 180 valence electrons. The van der Waals surface area contributed by atoms with Gasteiger partial charge in [0.15, 0.2) is 5.54 Å². The lowest BCUT2D eigenvalue weighted by atomic mass is 9.73. The SMILES string of the molecule is Cc1cccc(C(=O)N2CCC(C3(c4cccnc4)NC(=O)N(CCc4cccs4)C3=O)CC2)c1. The van der Waals surface area contributed by atoms with Gasteiger partial charge >= 0.3 is 6.03 Å². The van der Waals surface area contributed by atoms with Crippen LogP contribution in [0.1, 0.15) is 39.2 Å². The van der Waals surface area contributed by atoms with E-state index in [1.165, 1.54) is 4.90 Å². The van der Waals surface area contributed by atoms with Crippen molar-refractivity contribution < 1.29 is 14.4 Å². The van der Waals surface area contributed by atoms with Gasteiger partial charge in [-0.15, -0.1) is 11.3 Å². The average Bonchev–Trinajstić information content (AvgIpc) is 3.49. The maximum Gasteiger partial charge on any atom is 0.325 e. The minimum Gasteiger partial charge on any atom is -0.339 e. The highest BCUT2D eigenvalue weighted by Crippen LogP contribution is 2.41. The van der Waals surface area contributed by atoms with Gasteiger partial charge in [-0.25, -0.2) is 4.79 Å². The standard InChI is InChI=1S/C27H28N4O3S/c1-19-5-2-6-20(17-19)24(32)30-13-9-21(10-14-30)27(22-7-3-12-28-18-22)25(33)31(26(34)29-27)15-11-23-8-4-16-35-23/h2-8,12,16-18,21H,9-11,13-15H2,1H3,(H,29,34). The zero-order chi connectivity index (χ0) is 24.4. The molecule has 4 heterocycles. The molecule has 2 aromatic heterocycles. The van der Waals surface area contributed by atoms with Gasteiger partial charge in [0.1, 0.15) is 0 Å². The summed E-state index contributed by atoms with van der Waals surface area (Å²) in [6.45, 7) is 3.35. The first-order valence-corrected chi connectivity index (χ1v) is 12.8. The summed E-state index contributed by atoms with van der Waals surface area (Å²) < 4.78 is 0. The number of aromatic nitrogens is 1. The summed E-state index contributed by atoms with van der Waals surface area (Å²) in [4.78, 5) is 48.6. The Labute approximate surface area is 208 Å². The average molecular weight is 489 g/mol. The summed E-state index contributed by atoms with van der Waals surface area (Å²) in [7, 11) is 0. The largest absolute Gasteiger partial charge is 0.339 e. The van der Waals surface area contributed by atoms with Crippen LogP contribution in [0.4, 0.5) is 4.79 Å². The molecule has 1 unspecified atom stereocenters. The number of pyridine rings is 1. The summed E-state index contributed by atoms with van der Waals surface area (Å²) in [6.07, 6.45) is 5.18. The Kier molecular flexibility index (Phi) is 6.38. The van der Waals surface area contributed by atoms with Crippen molar-refractivity contribution in [3.63, 3.8) is 0 Å². The molecule has 2 aliphatic rings. The van der Waals surface area contributed by atoms with E-state index in [2.05, 4.69) is 10.3 Å². The maximum absolute atomic E-state index is 13.9. The zero-order valence-electron chi connectivity index (χ0n) is 19.6. The summed E-state index contributed by atoms with van der Waals surface area (Å²) >= 11 is 1.62. The fraction of sp³-hybridized carbons (Fsp3) is 0.333. The molecule has 1 N–H and O–H groups in total. The smallest absolute Gasteiger partial charge is 0.325 e. The Bertz CT molecular complexity index is 1220. The number of benzene rings is 1. The quantitative estimate of drug-likeness (QED) is 0.532. The first-order chi connectivity index (χ1) is 17.0. The Balaban J connectivity index is 1.37. The van der Waals surface area contributed by atoms with Crippen molar-refractivity contribution in [1.82, 2.24) is 20.1 Å². The van der Waals surface area contributed by atoms with Gasteiger partial charge in [0.05, 0.1) is 0 Å². The number of nitrogens with zero attached hydrogens (tertiary/aromatic N) is 3. The van der Waals surface area contributed by atoms with E-state index in [1.807, 2.05) is 59.7 Å². The minimum atomic E-state index is -1.17. The molecular weight excluding hydrogens is 460 g/mol. The summed E-state index contributed by atoms with van der Waals surface area (Å²) in [6, 6.07) is 14.9. The van der Waals surface area contributed by atoms with Crippen LogP contribution in [0.5, 0.6) is 0 Å². The van der Waals surface area contributed by atoms with E-state index in [4.69, 9.17) is 0 Å². The van der Waals surface area contributed by atoms with Gasteiger partial charge in [-0.2, -0.15) is 0 Å². The van der Waals surface area contributed by atoms with Gasteiger partial charge < -0.3 is 10.2 Å². The number of thiophene rings is 1. The third-order valence-electron chi connectivity index (χ3n) is 7.07. The van der Waals surface area contributed by atoms with Crippen LogP contribution in [0, 0.1) is 12.8 Å². The molecule has 8 heteroatoms. The molecular formula is C27H28N4O3S. The Morgan fingerprint density at radius 3 is 2.66 bits per heavy atom. The predicted octanol–water partition coefficient (Wildman–Crippen LogP) is 3.99. The summed E-state index contributed by atoms with van der Waals surface area (Å²) in [5, 5.41) is 5.06. The highest BCUT2D eigenvalue weighted by molar-refractivity contribution is 7.09. The normalized spacial score (nSPS) is 20.8. The first kappa shape index (κ1) is 23.2. The molecule has 2 saturated heterocycles. The van der Waals surface area contributed by atoms with Gasteiger partial charge in [-0.05, 0) is 61.7 Å². The van der Waals surface area contributed by atoms with Gasteiger partial charge in [-0.3, -0.25) is 19.5 Å². The highest BCUT2D eigenvalue weighted by Gasteiger charge is 2.57. The van der Waals surface area contributed by atoms with Crippen molar-refractivity contribution in [3.05, 3.63) is 87.9 Å². The first-order valence-electron chi connectivity index (χ1n) is 11.9. The second kappa shape index (κ2) is 9.62.